The molecule has 3 rings (SSSR count). The van der Waals surface area contributed by atoms with Crippen LogP contribution < -0.4 is 4.90 Å². The molecule has 124 valence electrons. The normalized spacial score (nSPS) is 19.8. The van der Waals surface area contributed by atoms with E-state index in [-0.39, 0.29) is 5.25 Å². The van der Waals surface area contributed by atoms with E-state index in [4.69, 9.17) is 5.26 Å². The molecule has 0 radical (unpaired) electrons. The molecule has 0 aromatic carbocycles. The molecule has 0 N–H and O–H groups in total. The Morgan fingerprint density at radius 2 is 2.04 bits per heavy atom. The highest BCUT2D eigenvalue weighted by atomic mass is 32.2. The van der Waals surface area contributed by atoms with Gasteiger partial charge in [0.05, 0.1) is 16.9 Å². The Bertz CT molecular complexity index is 701. The molecule has 1 aromatic heterocycles. The van der Waals surface area contributed by atoms with E-state index in [1.54, 1.807) is 23.6 Å². The van der Waals surface area contributed by atoms with Gasteiger partial charge in [-0.2, -0.15) is 5.26 Å². The molecule has 0 unspecified atom stereocenters. The first-order chi connectivity index (χ1) is 11.0. The highest BCUT2D eigenvalue weighted by Crippen LogP contribution is 2.31. The standard InChI is InChI=1S/C16H22N4O2S/c1-19(23(21,22)15-2-3-15)12-13-5-8-20(9-6-13)16-10-14(11-17)4-7-18-16/h4,7,10,13,15H,2-3,5-6,8-9,12H2,1H3. The van der Waals surface area contributed by atoms with Crippen LogP contribution in [0, 0.1) is 17.2 Å². The smallest absolute Gasteiger partial charge is 0.216 e. The molecule has 0 amide bonds. The number of anilines is 1. The van der Waals surface area contributed by atoms with Crippen molar-refractivity contribution in [2.75, 3.05) is 31.6 Å². The summed E-state index contributed by atoms with van der Waals surface area (Å²) in [6.07, 6.45) is 5.18. The maximum Gasteiger partial charge on any atom is 0.216 e. The number of piperidine rings is 1. The van der Waals surface area contributed by atoms with E-state index in [0.29, 0.717) is 18.0 Å². The molecule has 2 heterocycles. The van der Waals surface area contributed by atoms with Crippen molar-refractivity contribution in [1.82, 2.24) is 9.29 Å². The predicted molar refractivity (Wildman–Crippen MR) is 88.5 cm³/mol. The van der Waals surface area contributed by atoms with Gasteiger partial charge in [0.1, 0.15) is 5.82 Å². The average molecular weight is 334 g/mol. The molecule has 1 saturated carbocycles. The Balaban J connectivity index is 1.55. The molecule has 1 saturated heterocycles. The third-order valence-electron chi connectivity index (χ3n) is 4.71. The molecule has 7 heteroatoms. The SMILES string of the molecule is CN(CC1CCN(c2cc(C#N)ccn2)CC1)S(=O)(=O)C1CC1. The van der Waals surface area contributed by atoms with Gasteiger partial charge in [-0.15, -0.1) is 0 Å². The second-order valence-corrected chi connectivity index (χ2v) is 8.79. The summed E-state index contributed by atoms with van der Waals surface area (Å²) in [5, 5.41) is 8.84. The van der Waals surface area contributed by atoms with Gasteiger partial charge in [-0.3, -0.25) is 0 Å². The van der Waals surface area contributed by atoms with Crippen LogP contribution >= 0.6 is 0 Å². The maximum absolute atomic E-state index is 12.2. The highest BCUT2D eigenvalue weighted by molar-refractivity contribution is 7.90. The summed E-state index contributed by atoms with van der Waals surface area (Å²) in [5.74, 6) is 1.23. The zero-order valence-electron chi connectivity index (χ0n) is 13.4. The number of hydrogen-bond donors (Lipinski definition) is 0. The molecule has 1 aliphatic heterocycles. The van der Waals surface area contributed by atoms with Crippen LogP contribution in [0.25, 0.3) is 0 Å². The summed E-state index contributed by atoms with van der Waals surface area (Å²) in [6, 6.07) is 5.65. The minimum Gasteiger partial charge on any atom is -0.357 e. The third-order valence-corrected chi connectivity index (χ3v) is 7.04. The summed E-state index contributed by atoms with van der Waals surface area (Å²) in [6.45, 7) is 2.31. The molecule has 1 aromatic rings. The van der Waals surface area contributed by atoms with Crippen LogP contribution in [0.1, 0.15) is 31.2 Å². The van der Waals surface area contributed by atoms with Crippen molar-refractivity contribution < 1.29 is 8.42 Å². The number of pyridine rings is 1. The lowest BCUT2D eigenvalue weighted by molar-refractivity contribution is 0.327. The minimum atomic E-state index is -3.07. The van der Waals surface area contributed by atoms with Gasteiger partial charge >= 0.3 is 0 Å². The minimum absolute atomic E-state index is 0.134. The van der Waals surface area contributed by atoms with Gasteiger partial charge < -0.3 is 4.90 Å². The summed E-state index contributed by atoms with van der Waals surface area (Å²) in [5.41, 5.74) is 0.618. The number of hydrogen-bond acceptors (Lipinski definition) is 5. The topological polar surface area (TPSA) is 77.3 Å². The molecular weight excluding hydrogens is 312 g/mol. The van der Waals surface area contributed by atoms with E-state index in [1.165, 1.54) is 0 Å². The zero-order valence-corrected chi connectivity index (χ0v) is 14.2. The van der Waals surface area contributed by atoms with Crippen LogP contribution in [0.4, 0.5) is 5.82 Å². The van der Waals surface area contributed by atoms with Crippen LogP contribution in [0.3, 0.4) is 0 Å². The number of nitrogens with zero attached hydrogens (tertiary/aromatic N) is 4. The Kier molecular flexibility index (Phi) is 4.55. The van der Waals surface area contributed by atoms with E-state index in [9.17, 15) is 8.42 Å². The zero-order chi connectivity index (χ0) is 16.4. The van der Waals surface area contributed by atoms with Crippen LogP contribution in [-0.2, 0) is 10.0 Å². The molecule has 2 aliphatic rings. The number of rotatable bonds is 5. The van der Waals surface area contributed by atoms with Gasteiger partial charge in [-0.05, 0) is 43.7 Å². The van der Waals surface area contributed by atoms with Gasteiger partial charge in [0, 0.05) is 32.9 Å². The van der Waals surface area contributed by atoms with Crippen molar-refractivity contribution in [2.45, 2.75) is 30.9 Å². The van der Waals surface area contributed by atoms with Crippen molar-refractivity contribution in [3.05, 3.63) is 23.9 Å². The predicted octanol–water partition coefficient (Wildman–Crippen LogP) is 1.59. The van der Waals surface area contributed by atoms with E-state index < -0.39 is 10.0 Å². The molecule has 23 heavy (non-hydrogen) atoms. The lowest BCUT2D eigenvalue weighted by atomic mass is 9.97. The van der Waals surface area contributed by atoms with Crippen LogP contribution in [-0.4, -0.2) is 49.6 Å². The maximum atomic E-state index is 12.2. The van der Waals surface area contributed by atoms with E-state index in [1.807, 2.05) is 6.07 Å². The van der Waals surface area contributed by atoms with Gasteiger partial charge in [-0.25, -0.2) is 17.7 Å². The molecular formula is C16H22N4O2S. The summed E-state index contributed by atoms with van der Waals surface area (Å²) < 4.78 is 26.0. The van der Waals surface area contributed by atoms with Crippen molar-refractivity contribution in [3.63, 3.8) is 0 Å². The number of sulfonamides is 1. The Hall–Kier alpha value is -1.65. The van der Waals surface area contributed by atoms with Gasteiger partial charge in [0.2, 0.25) is 10.0 Å². The fraction of sp³-hybridized carbons (Fsp3) is 0.625. The second-order valence-electron chi connectivity index (χ2n) is 6.47. The Labute approximate surface area is 137 Å². The van der Waals surface area contributed by atoms with Gasteiger partial charge in [0.25, 0.3) is 0 Å². The first kappa shape index (κ1) is 16.2. The molecule has 1 aliphatic carbocycles. The van der Waals surface area contributed by atoms with E-state index in [0.717, 1.165) is 44.6 Å². The average Bonchev–Trinajstić information content (AvgIpc) is 3.41. The van der Waals surface area contributed by atoms with Crippen LogP contribution in [0.2, 0.25) is 0 Å². The number of aromatic nitrogens is 1. The molecule has 6 nitrogen and oxygen atoms in total. The quantitative estimate of drug-likeness (QED) is 0.817. The van der Waals surface area contributed by atoms with Crippen LogP contribution in [0.5, 0.6) is 0 Å². The molecule has 0 bridgehead atoms. The second kappa shape index (κ2) is 6.46. The first-order valence-corrected chi connectivity index (χ1v) is 9.57. The summed E-state index contributed by atoms with van der Waals surface area (Å²) in [4.78, 5) is 6.51. The Morgan fingerprint density at radius 3 is 2.65 bits per heavy atom. The lowest BCUT2D eigenvalue weighted by Gasteiger charge is -2.34. The highest BCUT2D eigenvalue weighted by Gasteiger charge is 2.39. The fourth-order valence-electron chi connectivity index (χ4n) is 3.09. The largest absolute Gasteiger partial charge is 0.357 e. The van der Waals surface area contributed by atoms with E-state index >= 15 is 0 Å². The molecule has 0 spiro atoms. The third kappa shape index (κ3) is 3.65. The van der Waals surface area contributed by atoms with Gasteiger partial charge in [-0.1, -0.05) is 0 Å². The monoisotopic (exact) mass is 334 g/mol. The molecule has 0 atom stereocenters. The van der Waals surface area contributed by atoms with E-state index in [2.05, 4.69) is 16.0 Å². The van der Waals surface area contributed by atoms with Crippen molar-refractivity contribution in [3.8, 4) is 6.07 Å². The lowest BCUT2D eigenvalue weighted by Crippen LogP contribution is -2.40. The fourth-order valence-corrected chi connectivity index (χ4v) is 4.75. The first-order valence-electron chi connectivity index (χ1n) is 8.07. The van der Waals surface area contributed by atoms with Crippen molar-refractivity contribution in [1.29, 1.82) is 5.26 Å². The van der Waals surface area contributed by atoms with Gasteiger partial charge in [0.15, 0.2) is 0 Å². The van der Waals surface area contributed by atoms with Crippen molar-refractivity contribution in [2.24, 2.45) is 5.92 Å². The van der Waals surface area contributed by atoms with Crippen LogP contribution in [0.15, 0.2) is 18.3 Å². The molecule has 2 fully saturated rings. The Morgan fingerprint density at radius 1 is 1.35 bits per heavy atom. The van der Waals surface area contributed by atoms with Crippen molar-refractivity contribution >= 4 is 15.8 Å². The summed E-state index contributed by atoms with van der Waals surface area (Å²) in [7, 11) is -1.36. The summed E-state index contributed by atoms with van der Waals surface area (Å²) >= 11 is 0. The number of nitriles is 1.